The summed E-state index contributed by atoms with van der Waals surface area (Å²) in [5, 5.41) is 2.54. The topological polar surface area (TPSA) is 49.4 Å². The van der Waals surface area contributed by atoms with Gasteiger partial charge < -0.3 is 10.2 Å². The Labute approximate surface area is 142 Å². The van der Waals surface area contributed by atoms with Gasteiger partial charge in [0, 0.05) is 30.7 Å². The fourth-order valence-electron chi connectivity index (χ4n) is 2.12. The summed E-state index contributed by atoms with van der Waals surface area (Å²) in [6, 6.07) is 11.3. The Bertz CT molecular complexity index is 732. The van der Waals surface area contributed by atoms with Gasteiger partial charge in [-0.05, 0) is 35.9 Å². The van der Waals surface area contributed by atoms with Crippen LogP contribution in [0.1, 0.15) is 26.3 Å². The molecule has 0 aliphatic rings. The van der Waals surface area contributed by atoms with Crippen molar-refractivity contribution >= 4 is 27.7 Å². The summed E-state index contributed by atoms with van der Waals surface area (Å²) in [6.45, 7) is 0.322. The van der Waals surface area contributed by atoms with Crippen molar-refractivity contribution in [3.05, 3.63) is 69.4 Å². The molecular formula is C17H16BrFN2O2. The third-order valence-corrected chi connectivity index (χ3v) is 3.86. The van der Waals surface area contributed by atoms with E-state index in [-0.39, 0.29) is 11.5 Å². The Morgan fingerprint density at radius 1 is 1.17 bits per heavy atom. The molecule has 2 aromatic rings. The summed E-state index contributed by atoms with van der Waals surface area (Å²) in [7, 11) is 3.17. The van der Waals surface area contributed by atoms with Gasteiger partial charge in [-0.2, -0.15) is 0 Å². The summed E-state index contributed by atoms with van der Waals surface area (Å²) in [4.78, 5) is 25.2. The lowest BCUT2D eigenvalue weighted by Gasteiger charge is -2.18. The third kappa shape index (κ3) is 4.16. The Morgan fingerprint density at radius 3 is 2.39 bits per heavy atom. The minimum atomic E-state index is -0.564. The SMILES string of the molecule is CNC(=O)c1ccc(CN(C)C(=O)c2ccc(Br)cc2F)cc1. The van der Waals surface area contributed by atoms with E-state index in [0.29, 0.717) is 16.6 Å². The summed E-state index contributed by atoms with van der Waals surface area (Å²) < 4.78 is 14.4. The maximum absolute atomic E-state index is 13.9. The van der Waals surface area contributed by atoms with Gasteiger partial charge in [-0.1, -0.05) is 28.1 Å². The zero-order chi connectivity index (χ0) is 17.0. The van der Waals surface area contributed by atoms with Crippen molar-refractivity contribution in [2.45, 2.75) is 6.54 Å². The lowest BCUT2D eigenvalue weighted by atomic mass is 10.1. The summed E-state index contributed by atoms with van der Waals surface area (Å²) in [6.07, 6.45) is 0. The van der Waals surface area contributed by atoms with Crippen molar-refractivity contribution < 1.29 is 14.0 Å². The van der Waals surface area contributed by atoms with Crippen LogP contribution in [0.3, 0.4) is 0 Å². The average molecular weight is 379 g/mol. The van der Waals surface area contributed by atoms with Crippen LogP contribution in [0.15, 0.2) is 46.9 Å². The van der Waals surface area contributed by atoms with E-state index in [1.165, 1.54) is 17.0 Å². The number of halogens is 2. The Hall–Kier alpha value is -2.21. The van der Waals surface area contributed by atoms with Crippen molar-refractivity contribution in [1.82, 2.24) is 10.2 Å². The lowest BCUT2D eigenvalue weighted by molar-refractivity contribution is 0.0780. The molecule has 2 aromatic carbocycles. The molecule has 0 saturated heterocycles. The number of amides is 2. The van der Waals surface area contributed by atoms with Gasteiger partial charge in [-0.3, -0.25) is 9.59 Å². The monoisotopic (exact) mass is 378 g/mol. The molecule has 0 radical (unpaired) electrons. The van der Waals surface area contributed by atoms with Crippen molar-refractivity contribution in [3.8, 4) is 0 Å². The van der Waals surface area contributed by atoms with E-state index in [1.54, 1.807) is 44.4 Å². The van der Waals surface area contributed by atoms with Gasteiger partial charge in [0.15, 0.2) is 0 Å². The van der Waals surface area contributed by atoms with Crippen molar-refractivity contribution in [2.24, 2.45) is 0 Å². The van der Waals surface area contributed by atoms with E-state index in [4.69, 9.17) is 0 Å². The summed E-state index contributed by atoms with van der Waals surface area (Å²) >= 11 is 3.16. The predicted octanol–water partition coefficient (Wildman–Crippen LogP) is 3.22. The van der Waals surface area contributed by atoms with Crippen molar-refractivity contribution in [2.75, 3.05) is 14.1 Å². The van der Waals surface area contributed by atoms with Crippen LogP contribution in [0, 0.1) is 5.82 Å². The molecule has 0 unspecified atom stereocenters. The van der Waals surface area contributed by atoms with Crippen LogP contribution in [0.25, 0.3) is 0 Å². The molecular weight excluding hydrogens is 363 g/mol. The molecule has 0 aliphatic carbocycles. The molecule has 2 amide bonds. The van der Waals surface area contributed by atoms with Crippen molar-refractivity contribution in [1.29, 1.82) is 0 Å². The molecule has 6 heteroatoms. The Morgan fingerprint density at radius 2 is 1.83 bits per heavy atom. The van der Waals surface area contributed by atoms with Gasteiger partial charge in [0.1, 0.15) is 5.82 Å². The van der Waals surface area contributed by atoms with Crippen LogP contribution >= 0.6 is 15.9 Å². The van der Waals surface area contributed by atoms with E-state index in [2.05, 4.69) is 21.2 Å². The fraction of sp³-hybridized carbons (Fsp3) is 0.176. The zero-order valence-corrected chi connectivity index (χ0v) is 14.4. The largest absolute Gasteiger partial charge is 0.355 e. The maximum Gasteiger partial charge on any atom is 0.256 e. The molecule has 4 nitrogen and oxygen atoms in total. The Balaban J connectivity index is 2.10. The van der Waals surface area contributed by atoms with Gasteiger partial charge in [0.25, 0.3) is 11.8 Å². The van der Waals surface area contributed by atoms with Gasteiger partial charge in [-0.15, -0.1) is 0 Å². The first-order valence-electron chi connectivity index (χ1n) is 6.94. The second-order valence-corrected chi connectivity index (χ2v) is 5.98. The van der Waals surface area contributed by atoms with Crippen LogP contribution in [0.4, 0.5) is 4.39 Å². The molecule has 0 aromatic heterocycles. The van der Waals surface area contributed by atoms with Crippen LogP contribution in [-0.4, -0.2) is 30.8 Å². The predicted molar refractivity (Wildman–Crippen MR) is 89.7 cm³/mol. The molecule has 0 spiro atoms. The molecule has 0 heterocycles. The lowest BCUT2D eigenvalue weighted by Crippen LogP contribution is -2.27. The van der Waals surface area contributed by atoms with E-state index in [1.807, 2.05) is 0 Å². The average Bonchev–Trinajstić information content (AvgIpc) is 2.54. The van der Waals surface area contributed by atoms with Gasteiger partial charge >= 0.3 is 0 Å². The van der Waals surface area contributed by atoms with Crippen LogP contribution in [-0.2, 0) is 6.54 Å². The highest BCUT2D eigenvalue weighted by molar-refractivity contribution is 9.10. The first-order valence-corrected chi connectivity index (χ1v) is 7.73. The first kappa shape index (κ1) is 17.1. The molecule has 0 bridgehead atoms. The second-order valence-electron chi connectivity index (χ2n) is 5.06. The highest BCUT2D eigenvalue weighted by Gasteiger charge is 2.16. The van der Waals surface area contributed by atoms with Crippen molar-refractivity contribution in [3.63, 3.8) is 0 Å². The molecule has 1 N–H and O–H groups in total. The molecule has 120 valence electrons. The third-order valence-electron chi connectivity index (χ3n) is 3.37. The summed E-state index contributed by atoms with van der Waals surface area (Å²) in [5.74, 6) is -1.13. The maximum atomic E-state index is 13.9. The smallest absolute Gasteiger partial charge is 0.256 e. The van der Waals surface area contributed by atoms with Gasteiger partial charge in [0.2, 0.25) is 0 Å². The highest BCUT2D eigenvalue weighted by Crippen LogP contribution is 2.17. The van der Waals surface area contributed by atoms with Crippen LogP contribution in [0.5, 0.6) is 0 Å². The molecule has 0 atom stereocenters. The number of hydrogen-bond acceptors (Lipinski definition) is 2. The summed E-state index contributed by atoms with van der Waals surface area (Å²) in [5.41, 5.74) is 1.42. The molecule has 0 fully saturated rings. The number of nitrogens with one attached hydrogen (secondary N) is 1. The van der Waals surface area contributed by atoms with E-state index >= 15 is 0 Å². The number of benzene rings is 2. The normalized spacial score (nSPS) is 10.3. The minimum Gasteiger partial charge on any atom is -0.355 e. The van der Waals surface area contributed by atoms with E-state index in [0.717, 1.165) is 5.56 Å². The van der Waals surface area contributed by atoms with E-state index < -0.39 is 11.7 Å². The van der Waals surface area contributed by atoms with Crippen LogP contribution < -0.4 is 5.32 Å². The highest BCUT2D eigenvalue weighted by atomic mass is 79.9. The van der Waals surface area contributed by atoms with Crippen LogP contribution in [0.2, 0.25) is 0 Å². The minimum absolute atomic E-state index is 0.0256. The van der Waals surface area contributed by atoms with Gasteiger partial charge in [-0.25, -0.2) is 4.39 Å². The quantitative estimate of drug-likeness (QED) is 0.887. The van der Waals surface area contributed by atoms with Gasteiger partial charge in [0.05, 0.1) is 5.56 Å². The zero-order valence-electron chi connectivity index (χ0n) is 12.8. The number of carbonyl (C=O) groups excluding carboxylic acids is 2. The standard InChI is InChI=1S/C17H16BrFN2O2/c1-20-16(22)12-5-3-11(4-6-12)10-21(2)17(23)14-8-7-13(18)9-15(14)19/h3-9H,10H2,1-2H3,(H,20,22). The molecule has 23 heavy (non-hydrogen) atoms. The first-order chi connectivity index (χ1) is 10.9. The number of rotatable bonds is 4. The number of carbonyl (C=O) groups is 2. The Kier molecular flexibility index (Phi) is 5.50. The molecule has 2 rings (SSSR count). The second kappa shape index (κ2) is 7.37. The fourth-order valence-corrected chi connectivity index (χ4v) is 2.45. The number of hydrogen-bond donors (Lipinski definition) is 1. The molecule has 0 aliphatic heterocycles. The number of nitrogens with zero attached hydrogens (tertiary/aromatic N) is 1. The van der Waals surface area contributed by atoms with E-state index in [9.17, 15) is 14.0 Å². The molecule has 0 saturated carbocycles.